The molecule has 1 rings (SSSR count). The fourth-order valence-electron chi connectivity index (χ4n) is 1.54. The third-order valence-corrected chi connectivity index (χ3v) is 2.28. The first-order valence-corrected chi connectivity index (χ1v) is 5.17. The van der Waals surface area contributed by atoms with Gasteiger partial charge in [0.2, 0.25) is 0 Å². The monoisotopic (exact) mass is 180 g/mol. The van der Waals surface area contributed by atoms with Crippen LogP contribution in [0.5, 0.6) is 0 Å². The Morgan fingerprint density at radius 2 is 2.23 bits per heavy atom. The van der Waals surface area contributed by atoms with E-state index in [4.69, 9.17) is 0 Å². The Bertz CT molecular complexity index is 228. The van der Waals surface area contributed by atoms with E-state index < -0.39 is 0 Å². The van der Waals surface area contributed by atoms with Crippen LogP contribution in [0.3, 0.4) is 0 Å². The summed E-state index contributed by atoms with van der Waals surface area (Å²) in [5, 5.41) is 3.18. The molecular weight excluding hydrogens is 160 g/mol. The van der Waals surface area contributed by atoms with Crippen LogP contribution in [0.4, 0.5) is 0 Å². The molecule has 2 nitrogen and oxygen atoms in total. The summed E-state index contributed by atoms with van der Waals surface area (Å²) in [5.74, 6) is 0. The van der Waals surface area contributed by atoms with Gasteiger partial charge in [-0.1, -0.05) is 19.8 Å². The highest BCUT2D eigenvalue weighted by molar-refractivity contribution is 5.06. The average molecular weight is 180 g/mol. The van der Waals surface area contributed by atoms with Crippen molar-refractivity contribution in [2.75, 3.05) is 7.05 Å². The second-order valence-electron chi connectivity index (χ2n) is 3.43. The zero-order valence-corrected chi connectivity index (χ0v) is 8.71. The van der Waals surface area contributed by atoms with Crippen molar-refractivity contribution in [1.82, 2.24) is 9.88 Å². The molecule has 1 aromatic heterocycles. The molecule has 0 saturated heterocycles. The third-order valence-electron chi connectivity index (χ3n) is 2.28. The molecule has 0 bridgehead atoms. The van der Waals surface area contributed by atoms with Crippen LogP contribution in [-0.4, -0.2) is 11.6 Å². The number of aromatic nitrogens is 1. The van der Waals surface area contributed by atoms with Gasteiger partial charge in [0.05, 0.1) is 0 Å². The number of hydrogen-bond acceptors (Lipinski definition) is 1. The predicted octanol–water partition coefficient (Wildman–Crippen LogP) is 2.40. The molecule has 0 aliphatic carbocycles. The molecule has 0 unspecified atom stereocenters. The van der Waals surface area contributed by atoms with Gasteiger partial charge >= 0.3 is 0 Å². The van der Waals surface area contributed by atoms with Crippen molar-refractivity contribution in [3.8, 4) is 0 Å². The molecule has 0 aliphatic heterocycles. The van der Waals surface area contributed by atoms with Crippen LogP contribution in [0.2, 0.25) is 0 Å². The molecule has 0 amide bonds. The van der Waals surface area contributed by atoms with E-state index in [1.54, 1.807) is 0 Å². The Hall–Kier alpha value is -0.760. The fraction of sp³-hybridized carbons (Fsp3) is 0.636. The van der Waals surface area contributed by atoms with Crippen LogP contribution in [0.1, 0.15) is 31.9 Å². The van der Waals surface area contributed by atoms with Gasteiger partial charge in [0.15, 0.2) is 0 Å². The maximum Gasteiger partial charge on any atom is 0.0356 e. The van der Waals surface area contributed by atoms with Crippen LogP contribution < -0.4 is 5.32 Å². The average Bonchev–Trinajstić information content (AvgIpc) is 2.54. The Balaban J connectivity index is 2.40. The van der Waals surface area contributed by atoms with Crippen molar-refractivity contribution in [1.29, 1.82) is 0 Å². The number of hydrogen-bond donors (Lipinski definition) is 1. The summed E-state index contributed by atoms with van der Waals surface area (Å²) >= 11 is 0. The normalized spacial score (nSPS) is 10.6. The summed E-state index contributed by atoms with van der Waals surface area (Å²) in [6.07, 6.45) is 6.09. The second kappa shape index (κ2) is 5.81. The van der Waals surface area contributed by atoms with Crippen molar-refractivity contribution in [2.45, 2.75) is 39.3 Å². The Labute approximate surface area is 81.0 Å². The smallest absolute Gasteiger partial charge is 0.0356 e. The van der Waals surface area contributed by atoms with E-state index >= 15 is 0 Å². The lowest BCUT2D eigenvalue weighted by Crippen LogP contribution is -2.10. The van der Waals surface area contributed by atoms with E-state index in [9.17, 15) is 0 Å². The molecule has 1 aromatic rings. The molecule has 1 heterocycles. The molecule has 0 saturated carbocycles. The van der Waals surface area contributed by atoms with Crippen molar-refractivity contribution in [2.24, 2.45) is 0 Å². The highest BCUT2D eigenvalue weighted by Crippen LogP contribution is 2.05. The number of aryl methyl sites for hydroxylation is 1. The molecule has 2 heteroatoms. The quantitative estimate of drug-likeness (QED) is 0.665. The van der Waals surface area contributed by atoms with Crippen molar-refractivity contribution < 1.29 is 0 Å². The largest absolute Gasteiger partial charge is 0.350 e. The van der Waals surface area contributed by atoms with Gasteiger partial charge in [-0.3, -0.25) is 0 Å². The van der Waals surface area contributed by atoms with Gasteiger partial charge < -0.3 is 9.88 Å². The first-order valence-electron chi connectivity index (χ1n) is 5.17. The minimum Gasteiger partial charge on any atom is -0.350 e. The van der Waals surface area contributed by atoms with Gasteiger partial charge in [0.25, 0.3) is 0 Å². The summed E-state index contributed by atoms with van der Waals surface area (Å²) < 4.78 is 2.34. The lowest BCUT2D eigenvalue weighted by molar-refractivity contribution is 0.577. The Kier molecular flexibility index (Phi) is 4.61. The number of rotatable bonds is 6. The van der Waals surface area contributed by atoms with Gasteiger partial charge in [-0.25, -0.2) is 0 Å². The molecule has 74 valence electrons. The van der Waals surface area contributed by atoms with Crippen molar-refractivity contribution >= 4 is 0 Å². The van der Waals surface area contributed by atoms with Crippen molar-refractivity contribution in [3.05, 3.63) is 24.0 Å². The fourth-order valence-corrected chi connectivity index (χ4v) is 1.54. The van der Waals surface area contributed by atoms with E-state index in [2.05, 4.69) is 35.1 Å². The molecule has 1 N–H and O–H groups in total. The third kappa shape index (κ3) is 3.23. The molecule has 0 fully saturated rings. The maximum atomic E-state index is 3.18. The lowest BCUT2D eigenvalue weighted by atomic mass is 10.2. The van der Waals surface area contributed by atoms with Gasteiger partial charge in [0, 0.05) is 25.0 Å². The minimum atomic E-state index is 0.971. The van der Waals surface area contributed by atoms with Gasteiger partial charge in [0.1, 0.15) is 0 Å². The van der Waals surface area contributed by atoms with E-state index in [-0.39, 0.29) is 0 Å². The molecule has 0 spiro atoms. The molecule has 0 atom stereocenters. The summed E-state index contributed by atoms with van der Waals surface area (Å²) in [6, 6.07) is 4.31. The van der Waals surface area contributed by atoms with E-state index in [1.807, 2.05) is 7.05 Å². The summed E-state index contributed by atoms with van der Waals surface area (Å²) in [6.45, 7) is 4.38. The summed E-state index contributed by atoms with van der Waals surface area (Å²) in [4.78, 5) is 0. The molecule has 0 aliphatic rings. The van der Waals surface area contributed by atoms with Crippen LogP contribution in [0.25, 0.3) is 0 Å². The van der Waals surface area contributed by atoms with E-state index in [0.29, 0.717) is 0 Å². The summed E-state index contributed by atoms with van der Waals surface area (Å²) in [7, 11) is 1.99. The minimum absolute atomic E-state index is 0.971. The van der Waals surface area contributed by atoms with Crippen LogP contribution in [-0.2, 0) is 13.1 Å². The first kappa shape index (κ1) is 10.3. The second-order valence-corrected chi connectivity index (χ2v) is 3.43. The van der Waals surface area contributed by atoms with Crippen molar-refractivity contribution in [3.63, 3.8) is 0 Å². The molecule has 0 aromatic carbocycles. The topological polar surface area (TPSA) is 17.0 Å². The van der Waals surface area contributed by atoms with Crippen LogP contribution in [0, 0.1) is 0 Å². The van der Waals surface area contributed by atoms with E-state index in [0.717, 1.165) is 13.1 Å². The Morgan fingerprint density at radius 1 is 1.38 bits per heavy atom. The maximum absolute atomic E-state index is 3.18. The van der Waals surface area contributed by atoms with Gasteiger partial charge in [-0.15, -0.1) is 0 Å². The predicted molar refractivity (Wildman–Crippen MR) is 56.7 cm³/mol. The molecular formula is C11H20N2. The highest BCUT2D eigenvalue weighted by Gasteiger charge is 1.97. The van der Waals surface area contributed by atoms with Gasteiger partial charge in [-0.2, -0.15) is 0 Å². The van der Waals surface area contributed by atoms with Crippen LogP contribution in [0.15, 0.2) is 18.3 Å². The lowest BCUT2D eigenvalue weighted by Gasteiger charge is -2.07. The Morgan fingerprint density at radius 3 is 2.92 bits per heavy atom. The molecule has 13 heavy (non-hydrogen) atoms. The number of nitrogens with one attached hydrogen (secondary N) is 1. The highest BCUT2D eigenvalue weighted by atomic mass is 15.0. The van der Waals surface area contributed by atoms with Crippen LogP contribution >= 0.6 is 0 Å². The van der Waals surface area contributed by atoms with Gasteiger partial charge in [-0.05, 0) is 25.6 Å². The zero-order chi connectivity index (χ0) is 9.52. The standard InChI is InChI=1S/C11H20N2/c1-3-4-5-8-13-9-6-7-11(13)10-12-2/h6-7,9,12H,3-5,8,10H2,1-2H3. The van der Waals surface area contributed by atoms with E-state index in [1.165, 1.54) is 25.0 Å². The summed E-state index contributed by atoms with van der Waals surface area (Å²) in [5.41, 5.74) is 1.39. The zero-order valence-electron chi connectivity index (χ0n) is 8.71. The number of unbranched alkanes of at least 4 members (excludes halogenated alkanes) is 2. The SMILES string of the molecule is CCCCCn1cccc1CNC. The molecule has 0 radical (unpaired) electrons. The number of nitrogens with zero attached hydrogens (tertiary/aromatic N) is 1. The first-order chi connectivity index (χ1) is 6.38.